The molecule has 1 atom stereocenters. The molecule has 0 saturated carbocycles. The maximum Gasteiger partial charge on any atom is 0.129 e. The van der Waals surface area contributed by atoms with Crippen LogP contribution in [-0.2, 0) is 13.1 Å². The fourth-order valence-electron chi connectivity index (χ4n) is 2.49. The summed E-state index contributed by atoms with van der Waals surface area (Å²) >= 11 is 0. The quantitative estimate of drug-likeness (QED) is 0.724. The number of aryl methyl sites for hydroxylation is 1. The lowest BCUT2D eigenvalue weighted by Gasteiger charge is -2.13. The molecule has 2 aromatic rings. The lowest BCUT2D eigenvalue weighted by molar-refractivity contribution is 0.169. The number of nitrogens with one attached hydrogen (secondary N) is 1. The zero-order valence-electron chi connectivity index (χ0n) is 12.9. The monoisotopic (exact) mass is 307 g/mol. The van der Waals surface area contributed by atoms with Crippen LogP contribution in [0.4, 0.5) is 4.39 Å². The highest BCUT2D eigenvalue weighted by Crippen LogP contribution is 2.17. The second-order valence-electron chi connectivity index (χ2n) is 5.26. The molecule has 6 heteroatoms. The molecule has 0 aliphatic rings. The molecule has 0 saturated heterocycles. The Balaban J connectivity index is 1.95. The number of hydrogen-bond donors (Lipinski definition) is 3. The highest BCUT2D eigenvalue weighted by Gasteiger charge is 2.14. The molecule has 0 unspecified atom stereocenters. The van der Waals surface area contributed by atoms with Gasteiger partial charge in [-0.05, 0) is 19.9 Å². The highest BCUT2D eigenvalue weighted by atomic mass is 19.1. The van der Waals surface area contributed by atoms with Gasteiger partial charge in [-0.15, -0.1) is 0 Å². The molecule has 120 valence electrons. The Hall–Kier alpha value is -1.76. The van der Waals surface area contributed by atoms with Crippen molar-refractivity contribution in [3.63, 3.8) is 0 Å². The van der Waals surface area contributed by atoms with Crippen LogP contribution in [0.1, 0.15) is 28.6 Å². The van der Waals surface area contributed by atoms with Crippen molar-refractivity contribution < 1.29 is 14.6 Å². The van der Waals surface area contributed by atoms with Gasteiger partial charge in [0.1, 0.15) is 5.82 Å². The first-order valence-electron chi connectivity index (χ1n) is 7.31. The number of benzene rings is 1. The first kappa shape index (κ1) is 16.6. The van der Waals surface area contributed by atoms with E-state index in [1.54, 1.807) is 22.9 Å². The van der Waals surface area contributed by atoms with Crippen molar-refractivity contribution in [2.24, 2.45) is 0 Å². The molecule has 0 radical (unpaired) electrons. The summed E-state index contributed by atoms with van der Waals surface area (Å²) in [5, 5.41) is 26.5. The third kappa shape index (κ3) is 3.71. The van der Waals surface area contributed by atoms with Crippen LogP contribution >= 0.6 is 0 Å². The minimum Gasteiger partial charge on any atom is -0.394 e. The van der Waals surface area contributed by atoms with Crippen LogP contribution < -0.4 is 5.32 Å². The number of aliphatic hydroxyl groups is 2. The number of aliphatic hydroxyl groups excluding tert-OH is 2. The standard InChI is InChI=1S/C16H22FN3O2/c1-11-14(12(2)20(19-11)7-8-21)9-18-10-16(22)13-5-3-4-6-15(13)17/h3-6,16,18,21-22H,7-10H2,1-2H3/t16-/m0/s1. The Labute approximate surface area is 129 Å². The van der Waals surface area contributed by atoms with Crippen molar-refractivity contribution >= 4 is 0 Å². The van der Waals surface area contributed by atoms with Gasteiger partial charge >= 0.3 is 0 Å². The summed E-state index contributed by atoms with van der Waals surface area (Å²) in [6.45, 7) is 5.15. The van der Waals surface area contributed by atoms with Crippen LogP contribution in [0, 0.1) is 19.7 Å². The van der Waals surface area contributed by atoms with Gasteiger partial charge in [0, 0.05) is 29.9 Å². The van der Waals surface area contributed by atoms with E-state index in [0.717, 1.165) is 17.0 Å². The maximum atomic E-state index is 13.6. The summed E-state index contributed by atoms with van der Waals surface area (Å²) in [5.41, 5.74) is 3.20. The molecule has 0 aliphatic heterocycles. The van der Waals surface area contributed by atoms with Gasteiger partial charge in [0.2, 0.25) is 0 Å². The third-order valence-corrected chi connectivity index (χ3v) is 3.75. The van der Waals surface area contributed by atoms with Gasteiger partial charge in [0.25, 0.3) is 0 Å². The van der Waals surface area contributed by atoms with E-state index in [0.29, 0.717) is 18.7 Å². The van der Waals surface area contributed by atoms with E-state index in [-0.39, 0.29) is 13.2 Å². The molecule has 1 aromatic carbocycles. The van der Waals surface area contributed by atoms with E-state index in [4.69, 9.17) is 5.11 Å². The Bertz CT molecular complexity index is 628. The summed E-state index contributed by atoms with van der Waals surface area (Å²) < 4.78 is 15.3. The Kier molecular flexibility index (Phi) is 5.65. The molecular formula is C16H22FN3O2. The van der Waals surface area contributed by atoms with Gasteiger partial charge in [0.15, 0.2) is 0 Å². The average molecular weight is 307 g/mol. The van der Waals surface area contributed by atoms with E-state index < -0.39 is 11.9 Å². The molecule has 22 heavy (non-hydrogen) atoms. The van der Waals surface area contributed by atoms with E-state index in [1.165, 1.54) is 6.07 Å². The van der Waals surface area contributed by atoms with Crippen molar-refractivity contribution in [1.82, 2.24) is 15.1 Å². The van der Waals surface area contributed by atoms with Crippen LogP contribution in [0.5, 0.6) is 0 Å². The van der Waals surface area contributed by atoms with E-state index in [9.17, 15) is 9.50 Å². The van der Waals surface area contributed by atoms with E-state index in [2.05, 4.69) is 10.4 Å². The van der Waals surface area contributed by atoms with Gasteiger partial charge in [-0.1, -0.05) is 18.2 Å². The predicted octanol–water partition coefficient (Wildman–Crippen LogP) is 1.45. The van der Waals surface area contributed by atoms with Crippen LogP contribution in [-0.4, -0.2) is 33.1 Å². The second-order valence-corrected chi connectivity index (χ2v) is 5.26. The highest BCUT2D eigenvalue weighted by molar-refractivity contribution is 5.24. The van der Waals surface area contributed by atoms with Crippen molar-refractivity contribution in [2.75, 3.05) is 13.2 Å². The molecule has 0 fully saturated rings. The van der Waals surface area contributed by atoms with Gasteiger partial charge in [-0.25, -0.2) is 4.39 Å². The van der Waals surface area contributed by atoms with E-state index in [1.807, 2.05) is 13.8 Å². The van der Waals surface area contributed by atoms with Crippen molar-refractivity contribution in [2.45, 2.75) is 33.0 Å². The number of hydrogen-bond acceptors (Lipinski definition) is 4. The second kappa shape index (κ2) is 7.49. The van der Waals surface area contributed by atoms with Gasteiger partial charge in [-0.2, -0.15) is 5.10 Å². The number of rotatable bonds is 7. The normalized spacial score (nSPS) is 12.6. The van der Waals surface area contributed by atoms with Crippen molar-refractivity contribution in [3.8, 4) is 0 Å². The lowest BCUT2D eigenvalue weighted by Crippen LogP contribution is -2.22. The molecule has 0 aliphatic carbocycles. The van der Waals surface area contributed by atoms with Crippen LogP contribution in [0.2, 0.25) is 0 Å². The van der Waals surface area contributed by atoms with Crippen LogP contribution in [0.15, 0.2) is 24.3 Å². The molecule has 2 rings (SSSR count). The largest absolute Gasteiger partial charge is 0.394 e. The zero-order valence-corrected chi connectivity index (χ0v) is 12.9. The topological polar surface area (TPSA) is 70.3 Å². The van der Waals surface area contributed by atoms with Crippen molar-refractivity contribution in [1.29, 1.82) is 0 Å². The smallest absolute Gasteiger partial charge is 0.129 e. The summed E-state index contributed by atoms with van der Waals surface area (Å²) in [6.07, 6.45) is -0.894. The number of halogens is 1. The molecule has 3 N–H and O–H groups in total. The first-order valence-corrected chi connectivity index (χ1v) is 7.31. The minimum absolute atomic E-state index is 0.0425. The van der Waals surface area contributed by atoms with Gasteiger partial charge < -0.3 is 15.5 Å². The Morgan fingerprint density at radius 3 is 2.73 bits per heavy atom. The average Bonchev–Trinajstić information content (AvgIpc) is 2.75. The van der Waals surface area contributed by atoms with Gasteiger partial charge in [0.05, 0.1) is 24.9 Å². The summed E-state index contributed by atoms with van der Waals surface area (Å²) in [4.78, 5) is 0. The summed E-state index contributed by atoms with van der Waals surface area (Å²) in [5.74, 6) is -0.403. The fourth-order valence-corrected chi connectivity index (χ4v) is 2.49. The minimum atomic E-state index is -0.894. The molecule has 0 spiro atoms. The predicted molar refractivity (Wildman–Crippen MR) is 81.9 cm³/mol. The maximum absolute atomic E-state index is 13.6. The van der Waals surface area contributed by atoms with Crippen molar-refractivity contribution in [3.05, 3.63) is 52.6 Å². The fraction of sp³-hybridized carbons (Fsp3) is 0.438. The molecule has 0 amide bonds. The SMILES string of the molecule is Cc1nn(CCO)c(C)c1CNC[C@H](O)c1ccccc1F. The zero-order chi connectivity index (χ0) is 16.1. The first-order chi connectivity index (χ1) is 10.5. The number of nitrogens with zero attached hydrogens (tertiary/aromatic N) is 2. The third-order valence-electron chi connectivity index (χ3n) is 3.75. The van der Waals surface area contributed by atoms with Gasteiger partial charge in [-0.3, -0.25) is 4.68 Å². The Morgan fingerprint density at radius 2 is 2.05 bits per heavy atom. The van der Waals surface area contributed by atoms with Crippen LogP contribution in [0.25, 0.3) is 0 Å². The molecule has 0 bridgehead atoms. The van der Waals surface area contributed by atoms with E-state index >= 15 is 0 Å². The number of aromatic nitrogens is 2. The van der Waals surface area contributed by atoms with Crippen LogP contribution in [0.3, 0.4) is 0 Å². The lowest BCUT2D eigenvalue weighted by atomic mass is 10.1. The molecule has 1 heterocycles. The molecular weight excluding hydrogens is 285 g/mol. The summed E-state index contributed by atoms with van der Waals surface area (Å²) in [6, 6.07) is 6.22. The Morgan fingerprint density at radius 1 is 1.32 bits per heavy atom. The molecule has 1 aromatic heterocycles. The molecule has 5 nitrogen and oxygen atoms in total. The summed E-state index contributed by atoms with van der Waals surface area (Å²) in [7, 11) is 0.